The summed E-state index contributed by atoms with van der Waals surface area (Å²) in [6.45, 7) is 7.94. The second kappa shape index (κ2) is 7.09. The fourth-order valence-electron chi connectivity index (χ4n) is 1.39. The monoisotopic (exact) mass is 242 g/mol. The summed E-state index contributed by atoms with van der Waals surface area (Å²) < 4.78 is 5.36. The van der Waals surface area contributed by atoms with Crippen LogP contribution in [0.4, 0.5) is 0 Å². The Morgan fingerprint density at radius 3 is 2.35 bits per heavy atom. The van der Waals surface area contributed by atoms with Crippen molar-refractivity contribution < 1.29 is 19.4 Å². The van der Waals surface area contributed by atoms with E-state index in [1.54, 1.807) is 0 Å². The van der Waals surface area contributed by atoms with E-state index in [-0.39, 0.29) is 5.92 Å². The fourth-order valence-corrected chi connectivity index (χ4v) is 1.39. The van der Waals surface area contributed by atoms with Crippen molar-refractivity contribution in [2.75, 3.05) is 0 Å². The zero-order chi connectivity index (χ0) is 13.5. The van der Waals surface area contributed by atoms with Gasteiger partial charge in [0.15, 0.2) is 0 Å². The smallest absolute Gasteiger partial charge is 0.331 e. The Labute approximate surface area is 103 Å². The Balaban J connectivity index is 4.53. The summed E-state index contributed by atoms with van der Waals surface area (Å²) in [7, 11) is 0. The van der Waals surface area contributed by atoms with Crippen molar-refractivity contribution >= 4 is 11.9 Å². The van der Waals surface area contributed by atoms with Crippen LogP contribution in [0.2, 0.25) is 0 Å². The molecule has 4 nitrogen and oxygen atoms in total. The lowest BCUT2D eigenvalue weighted by molar-refractivity contribution is -0.157. The van der Waals surface area contributed by atoms with Gasteiger partial charge in [0, 0.05) is 12.2 Å². The number of carboxylic acids is 1. The van der Waals surface area contributed by atoms with E-state index in [0.29, 0.717) is 0 Å². The van der Waals surface area contributed by atoms with E-state index in [4.69, 9.17) is 9.84 Å². The number of carbonyl (C=O) groups is 2. The van der Waals surface area contributed by atoms with Gasteiger partial charge < -0.3 is 9.84 Å². The summed E-state index contributed by atoms with van der Waals surface area (Å²) >= 11 is 0. The van der Waals surface area contributed by atoms with E-state index in [1.165, 1.54) is 0 Å². The molecule has 0 saturated heterocycles. The predicted molar refractivity (Wildman–Crippen MR) is 65.6 cm³/mol. The lowest BCUT2D eigenvalue weighted by Gasteiger charge is -2.33. The van der Waals surface area contributed by atoms with Crippen LogP contribution in [0.5, 0.6) is 0 Å². The summed E-state index contributed by atoms with van der Waals surface area (Å²) in [6.07, 6.45) is 4.54. The molecular formula is C13H22O4. The third kappa shape index (κ3) is 6.09. The van der Waals surface area contributed by atoms with Gasteiger partial charge in [0.2, 0.25) is 0 Å². The normalized spacial score (nSPS) is 14.9. The number of esters is 1. The zero-order valence-corrected chi connectivity index (χ0v) is 11.0. The maximum atomic E-state index is 11.5. The fraction of sp³-hybridized carbons (Fsp3) is 0.692. The quantitative estimate of drug-likeness (QED) is 0.550. The maximum Gasteiger partial charge on any atom is 0.331 e. The van der Waals surface area contributed by atoms with E-state index in [1.807, 2.05) is 20.8 Å². The van der Waals surface area contributed by atoms with Crippen LogP contribution in [0.3, 0.4) is 0 Å². The van der Waals surface area contributed by atoms with Crippen LogP contribution < -0.4 is 0 Å². The molecular weight excluding hydrogens is 220 g/mol. The molecule has 0 aromatic carbocycles. The molecule has 0 fully saturated rings. The lowest BCUT2D eigenvalue weighted by Crippen LogP contribution is -2.36. The van der Waals surface area contributed by atoms with Gasteiger partial charge in [0.05, 0.1) is 0 Å². The van der Waals surface area contributed by atoms with Gasteiger partial charge in [0.25, 0.3) is 0 Å². The minimum Gasteiger partial charge on any atom is -0.478 e. The van der Waals surface area contributed by atoms with Crippen LogP contribution in [-0.2, 0) is 14.3 Å². The van der Waals surface area contributed by atoms with Crippen molar-refractivity contribution in [1.82, 2.24) is 0 Å². The Kier molecular flexibility index (Phi) is 6.54. The average molecular weight is 242 g/mol. The van der Waals surface area contributed by atoms with Gasteiger partial charge in [-0.25, -0.2) is 9.59 Å². The van der Waals surface area contributed by atoms with Gasteiger partial charge in [-0.2, -0.15) is 0 Å². The van der Waals surface area contributed by atoms with E-state index >= 15 is 0 Å². The van der Waals surface area contributed by atoms with E-state index in [9.17, 15) is 9.59 Å². The molecule has 1 N–H and O–H groups in total. The van der Waals surface area contributed by atoms with E-state index in [2.05, 4.69) is 6.92 Å². The van der Waals surface area contributed by atoms with Crippen molar-refractivity contribution in [3.05, 3.63) is 12.2 Å². The van der Waals surface area contributed by atoms with Crippen molar-refractivity contribution in [2.24, 2.45) is 5.92 Å². The third-order valence-electron chi connectivity index (χ3n) is 2.94. The largest absolute Gasteiger partial charge is 0.478 e. The highest BCUT2D eigenvalue weighted by Gasteiger charge is 2.31. The lowest BCUT2D eigenvalue weighted by atomic mass is 9.87. The van der Waals surface area contributed by atoms with E-state index < -0.39 is 17.5 Å². The van der Waals surface area contributed by atoms with Crippen LogP contribution >= 0.6 is 0 Å². The first kappa shape index (κ1) is 15.7. The number of aliphatic carboxylic acids is 1. The predicted octanol–water partition coefficient (Wildman–Crippen LogP) is 2.78. The van der Waals surface area contributed by atoms with Crippen molar-refractivity contribution in [3.8, 4) is 0 Å². The molecule has 98 valence electrons. The van der Waals surface area contributed by atoms with Gasteiger partial charge in [-0.05, 0) is 25.7 Å². The first-order valence-corrected chi connectivity index (χ1v) is 5.95. The van der Waals surface area contributed by atoms with Crippen LogP contribution in [0, 0.1) is 5.92 Å². The molecule has 0 rings (SSSR count). The molecule has 0 aromatic heterocycles. The number of carbonyl (C=O) groups excluding carboxylic acids is 1. The van der Waals surface area contributed by atoms with Crippen LogP contribution in [0.15, 0.2) is 12.2 Å². The van der Waals surface area contributed by atoms with Gasteiger partial charge >= 0.3 is 11.9 Å². The minimum atomic E-state index is -1.15. The van der Waals surface area contributed by atoms with Crippen LogP contribution in [0.25, 0.3) is 0 Å². The number of ether oxygens (including phenoxy) is 1. The summed E-state index contributed by atoms with van der Waals surface area (Å²) in [5.74, 6) is -1.56. The SMILES string of the molecule is CCCCC(C)(OC(=O)/C=C/C(=O)O)C(C)C. The van der Waals surface area contributed by atoms with E-state index in [0.717, 1.165) is 31.4 Å². The molecule has 0 radical (unpaired) electrons. The summed E-state index contributed by atoms with van der Waals surface area (Å²) in [4.78, 5) is 21.7. The molecule has 1 unspecified atom stereocenters. The average Bonchev–Trinajstić information content (AvgIpc) is 2.23. The molecule has 0 aromatic rings. The summed E-state index contributed by atoms with van der Waals surface area (Å²) in [5, 5.41) is 8.42. The van der Waals surface area contributed by atoms with Gasteiger partial charge in [-0.1, -0.05) is 27.2 Å². The van der Waals surface area contributed by atoms with Crippen LogP contribution in [-0.4, -0.2) is 22.6 Å². The zero-order valence-electron chi connectivity index (χ0n) is 11.0. The Hall–Kier alpha value is -1.32. The van der Waals surface area contributed by atoms with Crippen molar-refractivity contribution in [2.45, 2.75) is 52.6 Å². The Bertz CT molecular complexity index is 294. The number of hydrogen-bond donors (Lipinski definition) is 1. The number of unbranched alkanes of at least 4 members (excludes halogenated alkanes) is 1. The molecule has 0 heterocycles. The number of hydrogen-bond acceptors (Lipinski definition) is 3. The Morgan fingerprint density at radius 2 is 1.94 bits per heavy atom. The molecule has 0 aliphatic carbocycles. The van der Waals surface area contributed by atoms with Crippen molar-refractivity contribution in [3.63, 3.8) is 0 Å². The third-order valence-corrected chi connectivity index (χ3v) is 2.94. The highest BCUT2D eigenvalue weighted by Crippen LogP contribution is 2.27. The second-order valence-electron chi connectivity index (χ2n) is 4.66. The molecule has 0 aliphatic heterocycles. The molecule has 0 bridgehead atoms. The van der Waals surface area contributed by atoms with Gasteiger partial charge in [0.1, 0.15) is 5.60 Å². The molecule has 0 amide bonds. The molecule has 0 saturated carbocycles. The Morgan fingerprint density at radius 1 is 1.35 bits per heavy atom. The standard InChI is InChI=1S/C13H22O4/c1-5-6-9-13(4,10(2)3)17-12(16)8-7-11(14)15/h7-8,10H,5-6,9H2,1-4H3,(H,14,15)/b8-7+. The number of rotatable bonds is 7. The second-order valence-corrected chi connectivity index (χ2v) is 4.66. The van der Waals surface area contributed by atoms with Gasteiger partial charge in [-0.3, -0.25) is 0 Å². The summed E-state index contributed by atoms with van der Waals surface area (Å²) in [6, 6.07) is 0. The minimum absolute atomic E-state index is 0.191. The van der Waals surface area contributed by atoms with Crippen molar-refractivity contribution in [1.29, 1.82) is 0 Å². The van der Waals surface area contributed by atoms with Gasteiger partial charge in [-0.15, -0.1) is 0 Å². The molecule has 1 atom stereocenters. The molecule has 0 aliphatic rings. The maximum absolute atomic E-state index is 11.5. The molecule has 4 heteroatoms. The highest BCUT2D eigenvalue weighted by molar-refractivity contribution is 5.90. The summed E-state index contributed by atoms with van der Waals surface area (Å²) in [5.41, 5.74) is -0.532. The molecule has 17 heavy (non-hydrogen) atoms. The molecule has 0 spiro atoms. The first-order chi connectivity index (χ1) is 7.81. The number of carboxylic acid groups (broad SMARTS) is 1. The van der Waals surface area contributed by atoms with Crippen LogP contribution in [0.1, 0.15) is 47.0 Å². The first-order valence-electron chi connectivity index (χ1n) is 5.95. The highest BCUT2D eigenvalue weighted by atomic mass is 16.6. The topological polar surface area (TPSA) is 63.6 Å².